The molecule has 0 spiro atoms. The van der Waals surface area contributed by atoms with Crippen molar-refractivity contribution >= 4 is 6.09 Å². The number of ether oxygens (including phenoxy) is 1. The van der Waals surface area contributed by atoms with Crippen molar-refractivity contribution < 1.29 is 9.53 Å². The van der Waals surface area contributed by atoms with E-state index in [1.54, 1.807) is 18.6 Å². The van der Waals surface area contributed by atoms with Gasteiger partial charge in [-0.1, -0.05) is 0 Å². The van der Waals surface area contributed by atoms with E-state index in [4.69, 9.17) is 4.74 Å². The van der Waals surface area contributed by atoms with Crippen molar-refractivity contribution in [3.8, 4) is 11.3 Å². The third-order valence-corrected chi connectivity index (χ3v) is 4.17. The average Bonchev–Trinajstić information content (AvgIpc) is 3.09. The fraction of sp³-hybridized carbons (Fsp3) is 0.556. The van der Waals surface area contributed by atoms with Crippen LogP contribution in [0.5, 0.6) is 0 Å². The lowest BCUT2D eigenvalue weighted by atomic mass is 9.94. The zero-order valence-electron chi connectivity index (χ0n) is 15.0. The van der Waals surface area contributed by atoms with Crippen LogP contribution in [-0.2, 0) is 11.2 Å². The average molecular weight is 343 g/mol. The summed E-state index contributed by atoms with van der Waals surface area (Å²) in [5, 5.41) is 6.70. The molecular weight excluding hydrogens is 318 g/mol. The molecule has 1 atom stereocenters. The molecule has 3 rings (SSSR count). The van der Waals surface area contributed by atoms with Crippen LogP contribution in [0.4, 0.5) is 4.79 Å². The number of H-pyrrole nitrogens is 1. The summed E-state index contributed by atoms with van der Waals surface area (Å²) in [7, 11) is 0. The molecule has 3 heterocycles. The number of hydrogen-bond acceptors (Lipinski definition) is 5. The quantitative estimate of drug-likeness (QED) is 0.926. The van der Waals surface area contributed by atoms with Crippen LogP contribution in [0.3, 0.4) is 0 Å². The van der Waals surface area contributed by atoms with Gasteiger partial charge in [0, 0.05) is 31.0 Å². The number of likely N-dealkylation sites (tertiary alicyclic amines) is 1. The standard InChI is InChI=1S/C18H25N5O2/c1-18(2,3)25-17(24)23-6-4-5-13(12-23)7-15-10-20-16(11-19-15)14-8-21-22-9-14/h8-11,13H,4-7,12H2,1-3H3,(H,21,22)/t13-/m1/s1. The number of carbonyl (C=O) groups is 1. The van der Waals surface area contributed by atoms with E-state index in [1.807, 2.05) is 31.9 Å². The molecule has 7 heteroatoms. The molecule has 1 fully saturated rings. The molecule has 1 aliphatic rings. The van der Waals surface area contributed by atoms with Crippen molar-refractivity contribution in [2.45, 2.75) is 45.6 Å². The molecule has 0 radical (unpaired) electrons. The Morgan fingerprint density at radius 2 is 2.16 bits per heavy atom. The molecule has 1 saturated heterocycles. The Morgan fingerprint density at radius 3 is 2.80 bits per heavy atom. The molecular formula is C18H25N5O2. The van der Waals surface area contributed by atoms with Crippen molar-refractivity contribution in [2.24, 2.45) is 5.92 Å². The summed E-state index contributed by atoms with van der Waals surface area (Å²) in [6, 6.07) is 0. The van der Waals surface area contributed by atoms with Crippen LogP contribution in [0.1, 0.15) is 39.3 Å². The number of nitrogens with one attached hydrogen (secondary N) is 1. The monoisotopic (exact) mass is 343 g/mol. The highest BCUT2D eigenvalue weighted by molar-refractivity contribution is 5.68. The van der Waals surface area contributed by atoms with Crippen LogP contribution in [0, 0.1) is 5.92 Å². The summed E-state index contributed by atoms with van der Waals surface area (Å²) >= 11 is 0. The van der Waals surface area contributed by atoms with Gasteiger partial charge < -0.3 is 9.64 Å². The molecule has 1 amide bonds. The predicted octanol–water partition coefficient (Wildman–Crippen LogP) is 3.06. The number of nitrogens with zero attached hydrogens (tertiary/aromatic N) is 4. The van der Waals surface area contributed by atoms with E-state index < -0.39 is 5.60 Å². The van der Waals surface area contributed by atoms with Crippen molar-refractivity contribution in [3.05, 3.63) is 30.5 Å². The van der Waals surface area contributed by atoms with E-state index in [0.29, 0.717) is 12.5 Å². The molecule has 0 unspecified atom stereocenters. The first kappa shape index (κ1) is 17.4. The molecule has 0 bridgehead atoms. The van der Waals surface area contributed by atoms with E-state index in [9.17, 15) is 4.79 Å². The van der Waals surface area contributed by atoms with E-state index in [0.717, 1.165) is 42.8 Å². The first-order valence-corrected chi connectivity index (χ1v) is 8.69. The maximum Gasteiger partial charge on any atom is 0.410 e. The van der Waals surface area contributed by atoms with Gasteiger partial charge in [-0.15, -0.1) is 0 Å². The molecule has 134 valence electrons. The third-order valence-electron chi connectivity index (χ3n) is 4.17. The second-order valence-corrected chi connectivity index (χ2v) is 7.52. The Balaban J connectivity index is 1.58. The minimum atomic E-state index is -0.460. The van der Waals surface area contributed by atoms with Crippen LogP contribution in [0.15, 0.2) is 24.8 Å². The maximum absolute atomic E-state index is 12.3. The van der Waals surface area contributed by atoms with E-state index in [-0.39, 0.29) is 6.09 Å². The summed E-state index contributed by atoms with van der Waals surface area (Å²) < 4.78 is 5.48. The minimum Gasteiger partial charge on any atom is -0.444 e. The van der Waals surface area contributed by atoms with Gasteiger partial charge in [0.15, 0.2) is 0 Å². The number of aromatic amines is 1. The first-order chi connectivity index (χ1) is 11.9. The molecule has 7 nitrogen and oxygen atoms in total. The third kappa shape index (κ3) is 4.78. The van der Waals surface area contributed by atoms with Crippen molar-refractivity contribution in [2.75, 3.05) is 13.1 Å². The Morgan fingerprint density at radius 1 is 1.32 bits per heavy atom. The zero-order valence-corrected chi connectivity index (χ0v) is 15.0. The Hall–Kier alpha value is -2.44. The second-order valence-electron chi connectivity index (χ2n) is 7.52. The number of rotatable bonds is 3. The van der Waals surface area contributed by atoms with Gasteiger partial charge in [0.05, 0.1) is 23.8 Å². The highest BCUT2D eigenvalue weighted by Gasteiger charge is 2.27. The van der Waals surface area contributed by atoms with E-state index >= 15 is 0 Å². The SMILES string of the molecule is CC(C)(C)OC(=O)N1CCC[C@H](Cc2cnc(-c3cn[nH]c3)cn2)C1. The molecule has 25 heavy (non-hydrogen) atoms. The van der Waals surface area contributed by atoms with Crippen LogP contribution >= 0.6 is 0 Å². The molecule has 2 aromatic rings. The van der Waals surface area contributed by atoms with Gasteiger partial charge in [0.2, 0.25) is 0 Å². The summed E-state index contributed by atoms with van der Waals surface area (Å²) in [6.45, 7) is 7.15. The van der Waals surface area contributed by atoms with Gasteiger partial charge in [0.25, 0.3) is 0 Å². The fourth-order valence-corrected chi connectivity index (χ4v) is 3.02. The normalized spacial score (nSPS) is 18.2. The largest absolute Gasteiger partial charge is 0.444 e. The van der Waals surface area contributed by atoms with Crippen LogP contribution in [0.25, 0.3) is 11.3 Å². The fourth-order valence-electron chi connectivity index (χ4n) is 3.02. The number of amides is 1. The molecule has 0 aromatic carbocycles. The van der Waals surface area contributed by atoms with Gasteiger partial charge in [-0.25, -0.2) is 4.79 Å². The van der Waals surface area contributed by atoms with Crippen molar-refractivity contribution in [1.29, 1.82) is 0 Å². The minimum absolute atomic E-state index is 0.224. The van der Waals surface area contributed by atoms with Crippen molar-refractivity contribution in [3.63, 3.8) is 0 Å². The van der Waals surface area contributed by atoms with Crippen LogP contribution in [0.2, 0.25) is 0 Å². The van der Waals surface area contributed by atoms with Gasteiger partial charge in [-0.2, -0.15) is 5.10 Å². The Kier molecular flexibility index (Phi) is 5.01. The molecule has 0 saturated carbocycles. The van der Waals surface area contributed by atoms with Gasteiger partial charge in [-0.05, 0) is 46.0 Å². The molecule has 1 aliphatic heterocycles. The zero-order chi connectivity index (χ0) is 17.9. The van der Waals surface area contributed by atoms with Gasteiger partial charge >= 0.3 is 6.09 Å². The first-order valence-electron chi connectivity index (χ1n) is 8.69. The summed E-state index contributed by atoms with van der Waals surface area (Å²) in [5.41, 5.74) is 2.21. The lowest BCUT2D eigenvalue weighted by molar-refractivity contribution is 0.0165. The Bertz CT molecular complexity index is 691. The van der Waals surface area contributed by atoms with Gasteiger partial charge in [-0.3, -0.25) is 15.1 Å². The van der Waals surface area contributed by atoms with Crippen LogP contribution < -0.4 is 0 Å². The van der Waals surface area contributed by atoms with Crippen molar-refractivity contribution in [1.82, 2.24) is 25.1 Å². The topological polar surface area (TPSA) is 84.0 Å². The molecule has 0 aliphatic carbocycles. The van der Waals surface area contributed by atoms with Gasteiger partial charge in [0.1, 0.15) is 5.60 Å². The molecule has 2 aromatic heterocycles. The summed E-state index contributed by atoms with van der Waals surface area (Å²) in [5.74, 6) is 0.385. The predicted molar refractivity (Wildman–Crippen MR) is 93.8 cm³/mol. The summed E-state index contributed by atoms with van der Waals surface area (Å²) in [4.78, 5) is 23.0. The lowest BCUT2D eigenvalue weighted by Crippen LogP contribution is -2.43. The van der Waals surface area contributed by atoms with E-state index in [2.05, 4.69) is 20.2 Å². The highest BCUT2D eigenvalue weighted by atomic mass is 16.6. The van der Waals surface area contributed by atoms with E-state index in [1.165, 1.54) is 0 Å². The van der Waals surface area contributed by atoms with Crippen LogP contribution in [-0.4, -0.2) is 49.8 Å². The molecule has 1 N–H and O–H groups in total. The number of piperidine rings is 1. The smallest absolute Gasteiger partial charge is 0.410 e. The summed E-state index contributed by atoms with van der Waals surface area (Å²) in [6.07, 6.45) is 9.78. The maximum atomic E-state index is 12.3. The Labute approximate surface area is 147 Å². The second kappa shape index (κ2) is 7.21. The number of carbonyl (C=O) groups excluding carboxylic acids is 1. The number of aromatic nitrogens is 4. The highest BCUT2D eigenvalue weighted by Crippen LogP contribution is 2.22. The lowest BCUT2D eigenvalue weighted by Gasteiger charge is -2.34. The number of hydrogen-bond donors (Lipinski definition) is 1.